The molecule has 3 nitrogen and oxygen atoms in total. The molecule has 4 atom stereocenters. The Kier molecular flexibility index (Phi) is 4.06. The van der Waals surface area contributed by atoms with Crippen LogP contribution in [0.25, 0.3) is 0 Å². The number of fused-ring (bicyclic) bond motifs is 2. The van der Waals surface area contributed by atoms with Crippen molar-refractivity contribution in [2.75, 3.05) is 17.6 Å². The Balaban J connectivity index is 1.51. The molecule has 2 bridgehead atoms. The van der Waals surface area contributed by atoms with Crippen molar-refractivity contribution < 1.29 is 0 Å². The predicted octanol–water partition coefficient (Wildman–Crippen LogP) is 3.87. The molecule has 0 amide bonds. The lowest BCUT2D eigenvalue weighted by Gasteiger charge is -2.62. The summed E-state index contributed by atoms with van der Waals surface area (Å²) in [6.07, 6.45) is 2.75. The summed E-state index contributed by atoms with van der Waals surface area (Å²) in [6.45, 7) is 8.26. The first-order chi connectivity index (χ1) is 10.4. The van der Waals surface area contributed by atoms with E-state index in [4.69, 9.17) is 18.0 Å². The molecule has 3 saturated carbocycles. The Hall–Kier alpha value is -1.29. The number of nitrogen functional groups attached to an aromatic ring is 1. The highest BCUT2D eigenvalue weighted by Crippen LogP contribution is 2.62. The third kappa shape index (κ3) is 2.69. The number of nitrogens with one attached hydrogen (secondary N) is 2. The molecule has 0 radical (unpaired) electrons. The number of benzene rings is 1. The number of hydrogen-bond acceptors (Lipinski definition) is 2. The number of thiocarbonyl (C=S) groups is 1. The van der Waals surface area contributed by atoms with E-state index in [1.165, 1.54) is 12.8 Å². The maximum absolute atomic E-state index is 5.93. The second-order valence-electron chi connectivity index (χ2n) is 7.64. The van der Waals surface area contributed by atoms with Gasteiger partial charge in [-0.25, -0.2) is 0 Å². The Bertz CT molecular complexity index is 569. The monoisotopic (exact) mass is 317 g/mol. The zero-order valence-electron chi connectivity index (χ0n) is 13.7. The van der Waals surface area contributed by atoms with Crippen molar-refractivity contribution in [1.29, 1.82) is 0 Å². The predicted molar refractivity (Wildman–Crippen MR) is 97.7 cm³/mol. The number of nitrogens with two attached hydrogens (primary N) is 1. The van der Waals surface area contributed by atoms with Gasteiger partial charge in [0.15, 0.2) is 5.11 Å². The molecule has 120 valence electrons. The van der Waals surface area contributed by atoms with Crippen LogP contribution in [0.5, 0.6) is 0 Å². The van der Waals surface area contributed by atoms with Gasteiger partial charge in [0.2, 0.25) is 0 Å². The molecule has 3 aliphatic rings. The smallest absolute Gasteiger partial charge is 0.170 e. The minimum atomic E-state index is 0.549. The quantitative estimate of drug-likeness (QED) is 0.585. The Morgan fingerprint density at radius 2 is 2.05 bits per heavy atom. The lowest BCUT2D eigenvalue weighted by Crippen LogP contribution is -2.56. The van der Waals surface area contributed by atoms with E-state index in [2.05, 4.69) is 31.4 Å². The molecule has 0 spiro atoms. The van der Waals surface area contributed by atoms with Gasteiger partial charge in [-0.1, -0.05) is 32.9 Å². The van der Waals surface area contributed by atoms with Gasteiger partial charge in [0.1, 0.15) is 0 Å². The maximum Gasteiger partial charge on any atom is 0.170 e. The van der Waals surface area contributed by atoms with Crippen molar-refractivity contribution in [3.8, 4) is 0 Å². The van der Waals surface area contributed by atoms with Crippen LogP contribution >= 0.6 is 12.2 Å². The summed E-state index contributed by atoms with van der Waals surface area (Å²) in [4.78, 5) is 0. The van der Waals surface area contributed by atoms with Gasteiger partial charge in [-0.3, -0.25) is 0 Å². The summed E-state index contributed by atoms with van der Waals surface area (Å²) in [5.74, 6) is 3.28. The van der Waals surface area contributed by atoms with Crippen molar-refractivity contribution in [1.82, 2.24) is 5.32 Å². The average molecular weight is 318 g/mol. The van der Waals surface area contributed by atoms with Gasteiger partial charge in [-0.2, -0.15) is 0 Å². The molecular formula is C18H27N3S. The molecule has 0 aromatic heterocycles. The van der Waals surface area contributed by atoms with E-state index in [0.29, 0.717) is 10.5 Å². The van der Waals surface area contributed by atoms with Crippen LogP contribution in [0.3, 0.4) is 0 Å². The fourth-order valence-corrected chi connectivity index (χ4v) is 4.72. The topological polar surface area (TPSA) is 50.1 Å². The van der Waals surface area contributed by atoms with Crippen LogP contribution in [0.4, 0.5) is 11.4 Å². The minimum Gasteiger partial charge on any atom is -0.397 e. The molecule has 3 fully saturated rings. The SMILES string of the molecule is C[C@@H]1[C@@H](CNC(=S)Nc2ccccc2N)C[C@@H]2C[C@H]1C2(C)C. The normalized spacial score (nSPS) is 32.0. The summed E-state index contributed by atoms with van der Waals surface area (Å²) in [5, 5.41) is 7.26. The molecule has 22 heavy (non-hydrogen) atoms. The third-order valence-electron chi connectivity index (χ3n) is 6.25. The lowest BCUT2D eigenvalue weighted by atomic mass is 9.43. The molecule has 0 saturated heterocycles. The van der Waals surface area contributed by atoms with Gasteiger partial charge in [0.25, 0.3) is 0 Å². The van der Waals surface area contributed by atoms with Crippen molar-refractivity contribution in [3.63, 3.8) is 0 Å². The van der Waals surface area contributed by atoms with E-state index < -0.39 is 0 Å². The fraction of sp³-hybridized carbons (Fsp3) is 0.611. The van der Waals surface area contributed by atoms with Gasteiger partial charge in [-0.15, -0.1) is 0 Å². The number of rotatable bonds is 3. The molecule has 1 aromatic carbocycles. The van der Waals surface area contributed by atoms with Crippen LogP contribution in [-0.2, 0) is 0 Å². The molecule has 4 heteroatoms. The summed E-state index contributed by atoms with van der Waals surface area (Å²) in [5.41, 5.74) is 8.08. The lowest BCUT2D eigenvalue weighted by molar-refractivity contribution is -0.126. The van der Waals surface area contributed by atoms with Gasteiger partial charge in [-0.05, 0) is 66.3 Å². The standard InChI is InChI=1S/C18H27N3S/c1-11-12(8-13-9-14(11)18(13,2)3)10-20-17(22)21-16-7-5-4-6-15(16)19/h4-7,11-14H,8-10,19H2,1-3H3,(H2,20,21,22)/t11-,12-,13-,14-/m1/s1. The van der Waals surface area contributed by atoms with E-state index in [9.17, 15) is 0 Å². The first-order valence-corrected chi connectivity index (χ1v) is 8.69. The number of anilines is 2. The van der Waals surface area contributed by atoms with Crippen LogP contribution in [0.15, 0.2) is 24.3 Å². The van der Waals surface area contributed by atoms with Crippen LogP contribution in [-0.4, -0.2) is 11.7 Å². The molecular weight excluding hydrogens is 290 g/mol. The highest BCUT2D eigenvalue weighted by Gasteiger charge is 2.55. The zero-order chi connectivity index (χ0) is 15.9. The zero-order valence-corrected chi connectivity index (χ0v) is 14.5. The highest BCUT2D eigenvalue weighted by molar-refractivity contribution is 7.80. The van der Waals surface area contributed by atoms with Crippen LogP contribution in [0.2, 0.25) is 0 Å². The molecule has 3 aliphatic carbocycles. The van der Waals surface area contributed by atoms with Crippen LogP contribution in [0.1, 0.15) is 33.6 Å². The summed E-state index contributed by atoms with van der Waals surface area (Å²) in [6, 6.07) is 7.71. The number of hydrogen-bond donors (Lipinski definition) is 3. The largest absolute Gasteiger partial charge is 0.397 e. The second-order valence-corrected chi connectivity index (χ2v) is 8.05. The van der Waals surface area contributed by atoms with Gasteiger partial charge >= 0.3 is 0 Å². The van der Waals surface area contributed by atoms with E-state index in [1.54, 1.807) is 0 Å². The minimum absolute atomic E-state index is 0.549. The fourth-order valence-electron chi connectivity index (χ4n) is 4.53. The molecule has 4 N–H and O–H groups in total. The van der Waals surface area contributed by atoms with Crippen molar-refractivity contribution in [2.45, 2.75) is 33.6 Å². The summed E-state index contributed by atoms with van der Waals surface area (Å²) in [7, 11) is 0. The van der Waals surface area contributed by atoms with E-state index in [1.807, 2.05) is 24.3 Å². The van der Waals surface area contributed by atoms with Gasteiger partial charge < -0.3 is 16.4 Å². The average Bonchev–Trinajstić information content (AvgIpc) is 2.48. The van der Waals surface area contributed by atoms with Crippen LogP contribution in [0, 0.1) is 29.1 Å². The van der Waals surface area contributed by atoms with E-state index in [0.717, 1.165) is 41.6 Å². The van der Waals surface area contributed by atoms with Crippen molar-refractivity contribution >= 4 is 28.7 Å². The van der Waals surface area contributed by atoms with E-state index >= 15 is 0 Å². The van der Waals surface area contributed by atoms with Crippen molar-refractivity contribution in [3.05, 3.63) is 24.3 Å². The summed E-state index contributed by atoms with van der Waals surface area (Å²) < 4.78 is 0. The molecule has 4 rings (SSSR count). The first-order valence-electron chi connectivity index (χ1n) is 8.29. The highest BCUT2D eigenvalue weighted by atomic mass is 32.1. The number of para-hydroxylation sites is 2. The Labute approximate surface area is 139 Å². The molecule has 0 aliphatic heterocycles. The second kappa shape index (κ2) is 5.73. The Morgan fingerprint density at radius 1 is 1.32 bits per heavy atom. The third-order valence-corrected chi connectivity index (χ3v) is 6.49. The molecule has 1 aromatic rings. The van der Waals surface area contributed by atoms with E-state index in [-0.39, 0.29) is 0 Å². The van der Waals surface area contributed by atoms with Crippen molar-refractivity contribution in [2.24, 2.45) is 29.1 Å². The first kappa shape index (κ1) is 15.6. The molecule has 0 unspecified atom stereocenters. The van der Waals surface area contributed by atoms with Crippen LogP contribution < -0.4 is 16.4 Å². The maximum atomic E-state index is 5.93. The summed E-state index contributed by atoms with van der Waals surface area (Å²) >= 11 is 5.41. The molecule has 0 heterocycles. The Morgan fingerprint density at radius 3 is 2.68 bits per heavy atom. The van der Waals surface area contributed by atoms with Gasteiger partial charge in [0, 0.05) is 6.54 Å². The van der Waals surface area contributed by atoms with Gasteiger partial charge in [0.05, 0.1) is 11.4 Å².